The van der Waals surface area contributed by atoms with Crippen molar-refractivity contribution in [2.24, 2.45) is 0 Å². The Morgan fingerprint density at radius 3 is 2.67 bits per heavy atom. The second-order valence-electron chi connectivity index (χ2n) is 5.45. The molecule has 1 heterocycles. The van der Waals surface area contributed by atoms with Crippen molar-refractivity contribution in [3.63, 3.8) is 0 Å². The highest BCUT2D eigenvalue weighted by Gasteiger charge is 2.39. The highest BCUT2D eigenvalue weighted by Crippen LogP contribution is 2.30. The summed E-state index contributed by atoms with van der Waals surface area (Å²) in [5.41, 5.74) is -1.05. The first-order chi connectivity index (χ1) is 9.70. The summed E-state index contributed by atoms with van der Waals surface area (Å²) in [6.07, 6.45) is 0.208. The number of amides is 1. The van der Waals surface area contributed by atoms with Crippen molar-refractivity contribution in [2.75, 3.05) is 0 Å². The Bertz CT molecular complexity index is 583. The molecule has 0 spiro atoms. The summed E-state index contributed by atoms with van der Waals surface area (Å²) in [5.74, 6) is -2.46. The number of nitrogens with one attached hydrogen (secondary N) is 1. The third-order valence-corrected chi connectivity index (χ3v) is 3.22. The van der Waals surface area contributed by atoms with Crippen molar-refractivity contribution in [3.8, 4) is 5.75 Å². The molecule has 0 aromatic heterocycles. The van der Waals surface area contributed by atoms with Gasteiger partial charge in [0.2, 0.25) is 0 Å². The SMILES string of the molecule is CC(C)(O)C(=O)N[C@H]1Cc2cccc(C(=O)O)c2OB1O. The molecule has 2 rings (SSSR count). The van der Waals surface area contributed by atoms with Gasteiger partial charge in [-0.2, -0.15) is 0 Å². The zero-order valence-electron chi connectivity index (χ0n) is 11.7. The lowest BCUT2D eigenvalue weighted by atomic mass is 9.72. The van der Waals surface area contributed by atoms with Crippen LogP contribution in [0.15, 0.2) is 18.2 Å². The topological polar surface area (TPSA) is 116 Å². The van der Waals surface area contributed by atoms with Crippen LogP contribution in [0.3, 0.4) is 0 Å². The third kappa shape index (κ3) is 3.17. The smallest absolute Gasteiger partial charge is 0.534 e. The average molecular weight is 293 g/mol. The summed E-state index contributed by atoms with van der Waals surface area (Å²) in [5, 5.41) is 31.1. The molecule has 1 atom stereocenters. The minimum atomic E-state index is -1.58. The predicted molar refractivity (Wildman–Crippen MR) is 73.9 cm³/mol. The number of hydrogen-bond acceptors (Lipinski definition) is 5. The molecule has 7 nitrogen and oxygen atoms in total. The van der Waals surface area contributed by atoms with E-state index in [2.05, 4.69) is 5.32 Å². The molecule has 1 aromatic rings. The van der Waals surface area contributed by atoms with E-state index in [4.69, 9.17) is 9.76 Å². The molecule has 1 aromatic carbocycles. The molecule has 0 unspecified atom stereocenters. The van der Waals surface area contributed by atoms with E-state index >= 15 is 0 Å². The standard InChI is InChI=1S/C13H16BNO6/c1-13(2,19)12(18)15-9-6-7-4-3-5-8(11(16)17)10(7)21-14(9)20/h3-5,9,19-20H,6H2,1-2H3,(H,15,18)(H,16,17)/t9-/m0/s1. The molecule has 4 N–H and O–H groups in total. The lowest BCUT2D eigenvalue weighted by Gasteiger charge is -2.30. The fraction of sp³-hybridized carbons (Fsp3) is 0.385. The fourth-order valence-electron chi connectivity index (χ4n) is 2.06. The number of carbonyl (C=O) groups excluding carboxylic acids is 1. The Labute approximate surface area is 121 Å². The van der Waals surface area contributed by atoms with Crippen molar-refractivity contribution >= 4 is 19.0 Å². The van der Waals surface area contributed by atoms with Crippen LogP contribution in [0, 0.1) is 0 Å². The van der Waals surface area contributed by atoms with Crippen LogP contribution in [-0.4, -0.2) is 45.8 Å². The predicted octanol–water partition coefficient (Wildman–Crippen LogP) is -0.405. The van der Waals surface area contributed by atoms with Gasteiger partial charge in [-0.1, -0.05) is 12.1 Å². The van der Waals surface area contributed by atoms with E-state index in [1.807, 2.05) is 0 Å². The van der Waals surface area contributed by atoms with E-state index in [0.717, 1.165) is 0 Å². The van der Waals surface area contributed by atoms with Crippen LogP contribution in [0.4, 0.5) is 0 Å². The second-order valence-corrected chi connectivity index (χ2v) is 5.45. The van der Waals surface area contributed by atoms with Gasteiger partial charge in [-0.05, 0) is 31.9 Å². The maximum absolute atomic E-state index is 11.7. The highest BCUT2D eigenvalue weighted by molar-refractivity contribution is 6.47. The molecular formula is C13H16BNO6. The number of para-hydroxylation sites is 1. The molecule has 8 heteroatoms. The van der Waals surface area contributed by atoms with Gasteiger partial charge in [0, 0.05) is 0 Å². The van der Waals surface area contributed by atoms with Gasteiger partial charge in [-0.3, -0.25) is 4.79 Å². The molecule has 112 valence electrons. The number of rotatable bonds is 3. The van der Waals surface area contributed by atoms with Crippen LogP contribution >= 0.6 is 0 Å². The molecule has 0 bridgehead atoms. The number of hydrogen-bond donors (Lipinski definition) is 4. The molecular weight excluding hydrogens is 277 g/mol. The monoisotopic (exact) mass is 293 g/mol. The van der Waals surface area contributed by atoms with Crippen LogP contribution in [-0.2, 0) is 11.2 Å². The van der Waals surface area contributed by atoms with E-state index in [0.29, 0.717) is 5.56 Å². The number of fused-ring (bicyclic) bond motifs is 1. The Morgan fingerprint density at radius 1 is 1.43 bits per heavy atom. The van der Waals surface area contributed by atoms with Crippen molar-refractivity contribution in [1.82, 2.24) is 5.32 Å². The molecule has 1 amide bonds. The van der Waals surface area contributed by atoms with E-state index in [-0.39, 0.29) is 17.7 Å². The quantitative estimate of drug-likeness (QED) is 0.563. The summed E-state index contributed by atoms with van der Waals surface area (Å²) < 4.78 is 5.23. The van der Waals surface area contributed by atoms with Crippen molar-refractivity contribution in [2.45, 2.75) is 31.8 Å². The zero-order chi connectivity index (χ0) is 15.8. The average Bonchev–Trinajstić information content (AvgIpc) is 2.37. The van der Waals surface area contributed by atoms with E-state index in [1.165, 1.54) is 19.9 Å². The van der Waals surface area contributed by atoms with Gasteiger partial charge in [0.05, 0.1) is 11.5 Å². The van der Waals surface area contributed by atoms with E-state index in [9.17, 15) is 19.7 Å². The minimum absolute atomic E-state index is 0.0428. The molecule has 0 radical (unpaired) electrons. The minimum Gasteiger partial charge on any atom is -0.534 e. The number of carboxylic acids is 1. The molecule has 21 heavy (non-hydrogen) atoms. The second kappa shape index (κ2) is 5.38. The molecule has 1 aliphatic rings. The summed E-state index contributed by atoms with van der Waals surface area (Å²) in [4.78, 5) is 22.8. The molecule has 0 saturated heterocycles. The van der Waals surface area contributed by atoms with E-state index < -0.39 is 30.5 Å². The van der Waals surface area contributed by atoms with Crippen LogP contribution in [0.1, 0.15) is 29.8 Å². The van der Waals surface area contributed by atoms with Crippen LogP contribution in [0.5, 0.6) is 5.75 Å². The molecule has 1 aliphatic heterocycles. The summed E-state index contributed by atoms with van der Waals surface area (Å²) in [6, 6.07) is 4.61. The van der Waals surface area contributed by atoms with Gasteiger partial charge in [0.25, 0.3) is 5.91 Å². The molecule has 0 aliphatic carbocycles. The van der Waals surface area contributed by atoms with Crippen molar-refractivity contribution < 1.29 is 29.5 Å². The van der Waals surface area contributed by atoms with Crippen molar-refractivity contribution in [1.29, 1.82) is 0 Å². The number of benzene rings is 1. The largest absolute Gasteiger partial charge is 0.547 e. The van der Waals surface area contributed by atoms with Gasteiger partial charge in [-0.15, -0.1) is 0 Å². The van der Waals surface area contributed by atoms with Gasteiger partial charge >= 0.3 is 13.1 Å². The maximum atomic E-state index is 11.7. The highest BCUT2D eigenvalue weighted by atomic mass is 16.5. The zero-order valence-corrected chi connectivity index (χ0v) is 11.7. The summed E-state index contributed by atoms with van der Waals surface area (Å²) in [7, 11) is -1.38. The lowest BCUT2D eigenvalue weighted by Crippen LogP contribution is -2.57. The third-order valence-electron chi connectivity index (χ3n) is 3.22. The van der Waals surface area contributed by atoms with Crippen LogP contribution in [0.2, 0.25) is 0 Å². The number of aromatic carboxylic acids is 1. The van der Waals surface area contributed by atoms with E-state index in [1.54, 1.807) is 12.1 Å². The molecule has 0 fully saturated rings. The van der Waals surface area contributed by atoms with Gasteiger partial charge in [0.1, 0.15) is 11.4 Å². The first-order valence-corrected chi connectivity index (χ1v) is 6.43. The maximum Gasteiger partial charge on any atom is 0.547 e. The van der Waals surface area contributed by atoms with Gasteiger partial charge < -0.3 is 25.2 Å². The molecule has 0 saturated carbocycles. The van der Waals surface area contributed by atoms with Gasteiger partial charge in [-0.25, -0.2) is 4.79 Å². The Balaban J connectivity index is 2.24. The first-order valence-electron chi connectivity index (χ1n) is 6.43. The Morgan fingerprint density at radius 2 is 2.10 bits per heavy atom. The summed E-state index contributed by atoms with van der Waals surface area (Å²) >= 11 is 0. The van der Waals surface area contributed by atoms with Crippen LogP contribution in [0.25, 0.3) is 0 Å². The Kier molecular flexibility index (Phi) is 3.93. The fourth-order valence-corrected chi connectivity index (χ4v) is 2.06. The van der Waals surface area contributed by atoms with Crippen molar-refractivity contribution in [3.05, 3.63) is 29.3 Å². The number of aliphatic hydroxyl groups is 1. The van der Waals surface area contributed by atoms with Gasteiger partial charge in [0.15, 0.2) is 0 Å². The normalized spacial score (nSPS) is 17.7. The van der Waals surface area contributed by atoms with Crippen LogP contribution < -0.4 is 9.97 Å². The summed E-state index contributed by atoms with van der Waals surface area (Å²) in [6.45, 7) is 2.66. The number of carbonyl (C=O) groups is 2. The lowest BCUT2D eigenvalue weighted by molar-refractivity contribution is -0.136. The first kappa shape index (κ1) is 15.3. The Hall–Kier alpha value is -2.06. The number of carboxylic acid groups (broad SMARTS) is 1.